The number of hydrogen-bond donors (Lipinski definition) is 2. The molecule has 0 aromatic heterocycles. The molecule has 1 rings (SSSR count). The molecule has 0 saturated carbocycles. The SMILES string of the molecule is Cc1ccc(C(N)=S)cc1NS(=O)(=O)C(C)C. The van der Waals surface area contributed by atoms with E-state index in [0.717, 1.165) is 5.56 Å². The molecule has 0 unspecified atom stereocenters. The zero-order chi connectivity index (χ0) is 13.2. The van der Waals surface area contributed by atoms with Crippen molar-refractivity contribution in [2.24, 2.45) is 5.73 Å². The van der Waals surface area contributed by atoms with Crippen molar-refractivity contribution in [3.05, 3.63) is 29.3 Å². The van der Waals surface area contributed by atoms with Crippen LogP contribution in [0.25, 0.3) is 0 Å². The molecule has 1 aromatic rings. The van der Waals surface area contributed by atoms with E-state index in [9.17, 15) is 8.42 Å². The molecule has 0 radical (unpaired) electrons. The monoisotopic (exact) mass is 272 g/mol. The highest BCUT2D eigenvalue weighted by Gasteiger charge is 2.16. The van der Waals surface area contributed by atoms with Crippen LogP contribution in [0.4, 0.5) is 5.69 Å². The van der Waals surface area contributed by atoms with Gasteiger partial charge in [-0.3, -0.25) is 4.72 Å². The van der Waals surface area contributed by atoms with E-state index in [1.165, 1.54) is 0 Å². The first-order valence-electron chi connectivity index (χ1n) is 5.16. The second-order valence-corrected chi connectivity index (χ2v) is 6.77. The van der Waals surface area contributed by atoms with Gasteiger partial charge in [-0.05, 0) is 32.4 Å². The molecule has 0 bridgehead atoms. The van der Waals surface area contributed by atoms with Crippen molar-refractivity contribution in [2.75, 3.05) is 4.72 Å². The Balaban J connectivity index is 3.15. The molecule has 94 valence electrons. The normalized spacial score (nSPS) is 11.5. The molecule has 0 saturated heterocycles. The number of aryl methyl sites for hydroxylation is 1. The van der Waals surface area contributed by atoms with Crippen LogP contribution < -0.4 is 10.5 Å². The molecule has 0 aliphatic heterocycles. The molecule has 3 N–H and O–H groups in total. The van der Waals surface area contributed by atoms with Crippen LogP contribution in [0.15, 0.2) is 18.2 Å². The van der Waals surface area contributed by atoms with Gasteiger partial charge in [0.05, 0.1) is 10.9 Å². The summed E-state index contributed by atoms with van der Waals surface area (Å²) in [4.78, 5) is 0.245. The molecule has 0 aliphatic rings. The zero-order valence-electron chi connectivity index (χ0n) is 10.0. The van der Waals surface area contributed by atoms with Crippen LogP contribution in [0.1, 0.15) is 25.0 Å². The Bertz CT molecular complexity index is 536. The van der Waals surface area contributed by atoms with E-state index in [0.29, 0.717) is 11.3 Å². The third kappa shape index (κ3) is 3.41. The molecular formula is C11H16N2O2S2. The summed E-state index contributed by atoms with van der Waals surface area (Å²) < 4.78 is 26.1. The molecule has 1 aromatic carbocycles. The fourth-order valence-electron chi connectivity index (χ4n) is 1.16. The first-order valence-corrected chi connectivity index (χ1v) is 7.11. The minimum Gasteiger partial charge on any atom is -0.389 e. The lowest BCUT2D eigenvalue weighted by molar-refractivity contribution is 0.592. The van der Waals surface area contributed by atoms with Crippen molar-refractivity contribution in [1.29, 1.82) is 0 Å². The number of thiocarbonyl (C=S) groups is 1. The molecule has 0 aliphatic carbocycles. The Morgan fingerprint density at radius 1 is 1.41 bits per heavy atom. The van der Waals surface area contributed by atoms with Crippen molar-refractivity contribution >= 4 is 32.9 Å². The second kappa shape index (κ2) is 5.01. The predicted octanol–water partition coefficient (Wildman–Crippen LogP) is 1.78. The number of benzene rings is 1. The maximum Gasteiger partial charge on any atom is 0.235 e. The summed E-state index contributed by atoms with van der Waals surface area (Å²) in [6, 6.07) is 5.20. The number of sulfonamides is 1. The zero-order valence-corrected chi connectivity index (χ0v) is 11.7. The van der Waals surface area contributed by atoms with Gasteiger partial charge in [0.2, 0.25) is 10.0 Å². The molecule has 4 nitrogen and oxygen atoms in total. The van der Waals surface area contributed by atoms with E-state index in [2.05, 4.69) is 4.72 Å². The van der Waals surface area contributed by atoms with Crippen molar-refractivity contribution in [3.63, 3.8) is 0 Å². The van der Waals surface area contributed by atoms with Gasteiger partial charge in [-0.15, -0.1) is 0 Å². The highest BCUT2D eigenvalue weighted by molar-refractivity contribution is 7.93. The Hall–Kier alpha value is -1.14. The maximum absolute atomic E-state index is 11.8. The summed E-state index contributed by atoms with van der Waals surface area (Å²) in [5, 5.41) is -0.490. The lowest BCUT2D eigenvalue weighted by Gasteiger charge is -2.13. The highest BCUT2D eigenvalue weighted by Crippen LogP contribution is 2.19. The molecule has 17 heavy (non-hydrogen) atoms. The summed E-state index contributed by atoms with van der Waals surface area (Å²) in [5.74, 6) is 0. The van der Waals surface area contributed by atoms with Crippen LogP contribution in [0.3, 0.4) is 0 Å². The summed E-state index contributed by atoms with van der Waals surface area (Å²) in [6.07, 6.45) is 0. The number of nitrogens with two attached hydrogens (primary N) is 1. The summed E-state index contributed by atoms with van der Waals surface area (Å²) >= 11 is 4.86. The minimum atomic E-state index is -3.35. The molecule has 0 spiro atoms. The topological polar surface area (TPSA) is 72.2 Å². The summed E-state index contributed by atoms with van der Waals surface area (Å²) in [7, 11) is -3.35. The van der Waals surface area contributed by atoms with Crippen LogP contribution in [0.2, 0.25) is 0 Å². The Kier molecular flexibility index (Phi) is 4.11. The first-order chi connectivity index (χ1) is 7.74. The van der Waals surface area contributed by atoms with Gasteiger partial charge in [-0.2, -0.15) is 0 Å². The number of nitrogens with one attached hydrogen (secondary N) is 1. The number of anilines is 1. The van der Waals surface area contributed by atoms with E-state index in [-0.39, 0.29) is 4.99 Å². The lowest BCUT2D eigenvalue weighted by Crippen LogP contribution is -2.23. The van der Waals surface area contributed by atoms with E-state index >= 15 is 0 Å². The Labute approximate surface area is 107 Å². The van der Waals surface area contributed by atoms with Gasteiger partial charge in [0.15, 0.2) is 0 Å². The number of rotatable bonds is 4. The van der Waals surface area contributed by atoms with Crippen LogP contribution in [-0.4, -0.2) is 18.7 Å². The maximum atomic E-state index is 11.8. The fraction of sp³-hybridized carbons (Fsp3) is 0.364. The van der Waals surface area contributed by atoms with Crippen LogP contribution in [-0.2, 0) is 10.0 Å². The standard InChI is InChI=1S/C11H16N2O2S2/c1-7(2)17(14,15)13-10-6-9(11(12)16)5-4-8(10)3/h4-7,13H,1-3H3,(H2,12,16). The van der Waals surface area contributed by atoms with E-state index in [1.807, 2.05) is 6.92 Å². The minimum absolute atomic E-state index is 0.245. The summed E-state index contributed by atoms with van der Waals surface area (Å²) in [5.41, 5.74) is 7.50. The fourth-order valence-corrected chi connectivity index (χ4v) is 2.05. The smallest absolute Gasteiger partial charge is 0.235 e. The predicted molar refractivity (Wildman–Crippen MR) is 74.7 cm³/mol. The second-order valence-electron chi connectivity index (χ2n) is 4.09. The van der Waals surface area contributed by atoms with Crippen molar-refractivity contribution in [2.45, 2.75) is 26.0 Å². The van der Waals surface area contributed by atoms with Crippen LogP contribution in [0, 0.1) is 6.92 Å². The van der Waals surface area contributed by atoms with Gasteiger partial charge in [-0.25, -0.2) is 8.42 Å². The third-order valence-corrected chi connectivity index (χ3v) is 4.38. The van der Waals surface area contributed by atoms with Gasteiger partial charge in [0.1, 0.15) is 4.99 Å². The largest absolute Gasteiger partial charge is 0.389 e. The average molecular weight is 272 g/mol. The van der Waals surface area contributed by atoms with Crippen molar-refractivity contribution in [1.82, 2.24) is 0 Å². The molecular weight excluding hydrogens is 256 g/mol. The quantitative estimate of drug-likeness (QED) is 0.820. The van der Waals surface area contributed by atoms with Crippen molar-refractivity contribution in [3.8, 4) is 0 Å². The van der Waals surface area contributed by atoms with Crippen LogP contribution in [0.5, 0.6) is 0 Å². The third-order valence-electron chi connectivity index (χ3n) is 2.39. The van der Waals surface area contributed by atoms with Gasteiger partial charge >= 0.3 is 0 Å². The highest BCUT2D eigenvalue weighted by atomic mass is 32.2. The Morgan fingerprint density at radius 3 is 2.47 bits per heavy atom. The average Bonchev–Trinajstić information content (AvgIpc) is 2.20. The molecule has 0 amide bonds. The molecule has 0 atom stereocenters. The summed E-state index contributed by atoms with van der Waals surface area (Å²) in [6.45, 7) is 5.06. The molecule has 0 heterocycles. The first kappa shape index (κ1) is 13.9. The van der Waals surface area contributed by atoms with Crippen LogP contribution >= 0.6 is 12.2 Å². The lowest BCUT2D eigenvalue weighted by atomic mass is 10.1. The van der Waals surface area contributed by atoms with E-state index in [1.54, 1.807) is 32.0 Å². The van der Waals surface area contributed by atoms with Gasteiger partial charge in [0, 0.05) is 5.56 Å². The Morgan fingerprint density at radius 2 is 2.00 bits per heavy atom. The number of hydrogen-bond acceptors (Lipinski definition) is 3. The van der Waals surface area contributed by atoms with E-state index < -0.39 is 15.3 Å². The van der Waals surface area contributed by atoms with Gasteiger partial charge in [-0.1, -0.05) is 24.4 Å². The van der Waals surface area contributed by atoms with Gasteiger partial charge in [0.25, 0.3) is 0 Å². The van der Waals surface area contributed by atoms with Gasteiger partial charge < -0.3 is 5.73 Å². The van der Waals surface area contributed by atoms with Crippen molar-refractivity contribution < 1.29 is 8.42 Å². The van der Waals surface area contributed by atoms with E-state index in [4.69, 9.17) is 18.0 Å². The molecule has 0 fully saturated rings. The molecule has 6 heteroatoms.